The summed E-state index contributed by atoms with van der Waals surface area (Å²) in [5.41, 5.74) is -0.118. The second kappa shape index (κ2) is 8.65. The van der Waals surface area contributed by atoms with E-state index in [9.17, 15) is 33.4 Å². The van der Waals surface area contributed by atoms with E-state index in [0.29, 0.717) is 12.0 Å². The molecule has 31 heavy (non-hydrogen) atoms. The number of aliphatic hydroxyl groups excluding tert-OH is 1. The van der Waals surface area contributed by atoms with Crippen LogP contribution in [-0.4, -0.2) is 53.0 Å². The van der Waals surface area contributed by atoms with Crippen LogP contribution in [0.5, 0.6) is 0 Å². The molecule has 3 rings (SSSR count). The first kappa shape index (κ1) is 25.1. The number of nitrogens with one attached hydrogen (secondary N) is 1. The lowest BCUT2D eigenvalue weighted by atomic mass is 10.1. The third-order valence-corrected chi connectivity index (χ3v) is 8.77. The quantitative estimate of drug-likeness (QED) is 0.201. The monoisotopic (exact) mass is 524 g/mol. The number of H-pyrrole nitrogens is 1. The molecule has 5 unspecified atom stereocenters. The number of phosphoric ester groups is 1. The van der Waals surface area contributed by atoms with Crippen molar-refractivity contribution in [2.75, 3.05) is 6.61 Å². The molecule has 2 fully saturated rings. The fraction of sp³-hybridized carbons (Fsp3) is 0.667. The van der Waals surface area contributed by atoms with Gasteiger partial charge in [0.1, 0.15) is 6.10 Å². The molecule has 2 aliphatic rings. The van der Waals surface area contributed by atoms with Crippen molar-refractivity contribution in [2.45, 2.75) is 31.8 Å². The van der Waals surface area contributed by atoms with Crippen molar-refractivity contribution in [3.8, 4) is 0 Å². The van der Waals surface area contributed by atoms with Crippen LogP contribution in [0.3, 0.4) is 0 Å². The highest BCUT2D eigenvalue weighted by atomic mass is 32.1. The van der Waals surface area contributed by atoms with Crippen molar-refractivity contribution >= 4 is 35.7 Å². The fourth-order valence-corrected chi connectivity index (χ4v) is 6.55. The zero-order valence-corrected chi connectivity index (χ0v) is 19.1. The van der Waals surface area contributed by atoms with Crippen molar-refractivity contribution in [2.24, 2.45) is 11.8 Å². The maximum atomic E-state index is 11.9. The minimum Gasteiger partial charge on any atom is -0.388 e. The van der Waals surface area contributed by atoms with Gasteiger partial charge in [0.15, 0.2) is 11.0 Å². The van der Waals surface area contributed by atoms with Gasteiger partial charge in [-0.25, -0.2) is 13.7 Å². The van der Waals surface area contributed by atoms with E-state index in [2.05, 4.69) is 18.1 Å². The normalized spacial score (nSPS) is 32.0. The smallest absolute Gasteiger partial charge is 0.388 e. The molecule has 0 amide bonds. The lowest BCUT2D eigenvalue weighted by Gasteiger charge is -2.34. The first-order valence-electron chi connectivity index (χ1n) is 8.52. The van der Waals surface area contributed by atoms with Crippen LogP contribution >= 0.6 is 35.7 Å². The van der Waals surface area contributed by atoms with Gasteiger partial charge in [0.25, 0.3) is 5.56 Å². The summed E-state index contributed by atoms with van der Waals surface area (Å²) in [7, 11) is -16.4. The molecule has 15 nitrogen and oxygen atoms in total. The number of ether oxygens (including phenoxy) is 1. The Balaban J connectivity index is 1.70. The molecule has 0 radical (unpaired) electrons. The third kappa shape index (κ3) is 6.27. The highest BCUT2D eigenvalue weighted by molar-refractivity contribution is 7.71. The molecule has 1 aliphatic heterocycles. The topological polar surface area (TPSA) is 227 Å². The summed E-state index contributed by atoms with van der Waals surface area (Å²) in [6, 6.07) is 0. The molecular formula is C12H19N2O13P3S. The SMILES string of the molecule is Cc1cn([C@@H]2O[C@H](COP(=O)(O)OP(=O)(O)OP(=O)(O)O)C3CC3C2O)c(=S)[nH]c1=O. The Labute approximate surface area is 179 Å². The van der Waals surface area contributed by atoms with E-state index < -0.39 is 54.1 Å². The molecule has 1 saturated carbocycles. The van der Waals surface area contributed by atoms with Crippen LogP contribution in [-0.2, 0) is 31.6 Å². The maximum absolute atomic E-state index is 11.9. The lowest BCUT2D eigenvalue weighted by Crippen LogP contribution is -2.41. The van der Waals surface area contributed by atoms with Gasteiger partial charge >= 0.3 is 23.5 Å². The zero-order valence-electron chi connectivity index (χ0n) is 15.6. The number of aromatic nitrogens is 2. The number of nitrogens with zero attached hydrogens (tertiary/aromatic N) is 1. The van der Waals surface area contributed by atoms with E-state index in [1.54, 1.807) is 0 Å². The average molecular weight is 524 g/mol. The van der Waals surface area contributed by atoms with Gasteiger partial charge in [-0.15, -0.1) is 0 Å². The zero-order chi connectivity index (χ0) is 23.4. The Kier molecular flexibility index (Phi) is 7.00. The molecule has 1 aliphatic carbocycles. The van der Waals surface area contributed by atoms with Crippen molar-refractivity contribution < 1.29 is 56.3 Å². The summed E-state index contributed by atoms with van der Waals surface area (Å²) in [5.74, 6) is -0.529. The van der Waals surface area contributed by atoms with Crippen LogP contribution in [0.4, 0.5) is 0 Å². The molecule has 6 N–H and O–H groups in total. The van der Waals surface area contributed by atoms with Gasteiger partial charge < -0.3 is 29.4 Å². The van der Waals surface area contributed by atoms with E-state index >= 15 is 0 Å². The molecule has 7 atom stereocenters. The van der Waals surface area contributed by atoms with Crippen molar-refractivity contribution in [3.05, 3.63) is 26.9 Å². The summed E-state index contributed by atoms with van der Waals surface area (Å²) >= 11 is 5.09. The molecule has 1 aromatic rings. The average Bonchev–Trinajstić information content (AvgIpc) is 3.36. The van der Waals surface area contributed by atoms with Crippen LogP contribution in [0, 0.1) is 23.5 Å². The predicted octanol–water partition coefficient (Wildman–Crippen LogP) is 0.452. The van der Waals surface area contributed by atoms with Gasteiger partial charge in [0.2, 0.25) is 0 Å². The van der Waals surface area contributed by atoms with Crippen LogP contribution in [0.15, 0.2) is 11.0 Å². The van der Waals surface area contributed by atoms with Crippen molar-refractivity contribution in [3.63, 3.8) is 0 Å². The molecular weight excluding hydrogens is 505 g/mol. The number of aliphatic hydroxyl groups is 1. The Morgan fingerprint density at radius 2 is 1.84 bits per heavy atom. The van der Waals surface area contributed by atoms with Crippen molar-refractivity contribution in [1.82, 2.24) is 9.55 Å². The third-order valence-electron chi connectivity index (χ3n) is 4.65. The van der Waals surface area contributed by atoms with E-state index in [4.69, 9.17) is 26.7 Å². The Morgan fingerprint density at radius 3 is 2.45 bits per heavy atom. The number of phosphoric acid groups is 3. The summed E-state index contributed by atoms with van der Waals surface area (Å²) in [6.45, 7) is 0.885. The molecule has 0 aromatic carbocycles. The van der Waals surface area contributed by atoms with Gasteiger partial charge in [-0.05, 0) is 37.4 Å². The number of aromatic amines is 1. The number of hydrogen-bond donors (Lipinski definition) is 6. The predicted molar refractivity (Wildman–Crippen MR) is 102 cm³/mol. The molecule has 1 saturated heterocycles. The van der Waals surface area contributed by atoms with E-state index in [1.165, 1.54) is 17.7 Å². The molecule has 0 bridgehead atoms. The van der Waals surface area contributed by atoms with Crippen LogP contribution in [0.25, 0.3) is 0 Å². The lowest BCUT2D eigenvalue weighted by molar-refractivity contribution is -0.169. The summed E-state index contributed by atoms with van der Waals surface area (Å²) in [6.07, 6.45) is -1.06. The Bertz CT molecular complexity index is 1110. The minimum absolute atomic E-state index is 0.0228. The molecule has 1 aromatic heterocycles. The summed E-state index contributed by atoms with van der Waals surface area (Å²) in [5, 5.41) is 10.5. The maximum Gasteiger partial charge on any atom is 0.490 e. The van der Waals surface area contributed by atoms with E-state index in [1.807, 2.05) is 0 Å². The van der Waals surface area contributed by atoms with Crippen molar-refractivity contribution in [1.29, 1.82) is 0 Å². The van der Waals surface area contributed by atoms with Crippen LogP contribution < -0.4 is 5.56 Å². The van der Waals surface area contributed by atoms with Crippen LogP contribution in [0.1, 0.15) is 18.2 Å². The molecule has 2 heterocycles. The minimum atomic E-state index is -5.63. The Hall–Kier alpha value is -0.570. The largest absolute Gasteiger partial charge is 0.490 e. The number of rotatable bonds is 8. The second-order valence-electron chi connectivity index (χ2n) is 6.98. The fourth-order valence-electron chi connectivity index (χ4n) is 3.27. The van der Waals surface area contributed by atoms with Gasteiger partial charge in [-0.1, -0.05) is 0 Å². The molecule has 19 heteroatoms. The highest BCUT2D eigenvalue weighted by Crippen LogP contribution is 2.66. The number of hydrogen-bond acceptors (Lipinski definition) is 10. The number of fused-ring (bicyclic) bond motifs is 1. The first-order chi connectivity index (χ1) is 14.1. The molecule has 0 spiro atoms. The Morgan fingerprint density at radius 1 is 1.19 bits per heavy atom. The highest BCUT2D eigenvalue weighted by Gasteiger charge is 2.56. The first-order valence-corrected chi connectivity index (χ1v) is 13.5. The van der Waals surface area contributed by atoms with Gasteiger partial charge in [-0.2, -0.15) is 8.62 Å². The summed E-state index contributed by atoms with van der Waals surface area (Å²) in [4.78, 5) is 50.0. The second-order valence-corrected chi connectivity index (χ2v) is 11.8. The standard InChI is InChI=1S/C12H19N2O13P3S/c1-5-3-14(12(31)13-10(5)16)11-9(15)7-2-6(7)8(25-11)4-24-29(20,21)27-30(22,23)26-28(17,18)19/h3,6-9,11,15H,2,4H2,1H3,(H,20,21)(H,22,23)(H,13,16,31)(H2,17,18,19)/t6?,7?,8-,9?,11-/m1/s1. The van der Waals surface area contributed by atoms with E-state index in [0.717, 1.165) is 0 Å². The number of aryl methyl sites for hydroxylation is 1. The van der Waals surface area contributed by atoms with Gasteiger partial charge in [-0.3, -0.25) is 18.9 Å². The van der Waals surface area contributed by atoms with Crippen LogP contribution in [0.2, 0.25) is 0 Å². The van der Waals surface area contributed by atoms with E-state index in [-0.39, 0.29) is 16.6 Å². The van der Waals surface area contributed by atoms with Gasteiger partial charge in [0, 0.05) is 11.8 Å². The van der Waals surface area contributed by atoms with Gasteiger partial charge in [0.05, 0.1) is 12.7 Å². The molecule has 176 valence electrons. The summed E-state index contributed by atoms with van der Waals surface area (Å²) < 4.78 is 52.9.